The van der Waals surface area contributed by atoms with Crippen LogP contribution in [0.3, 0.4) is 0 Å². The molecule has 6 heteroatoms. The van der Waals surface area contributed by atoms with Crippen molar-refractivity contribution in [3.8, 4) is 5.75 Å². The number of likely N-dealkylation sites (N-methyl/N-ethyl adjacent to an activating group) is 1. The highest BCUT2D eigenvalue weighted by atomic mass is 19.4. The molecule has 0 aliphatic heterocycles. The van der Waals surface area contributed by atoms with Gasteiger partial charge in [0, 0.05) is 13.6 Å². The average molecular weight is 373 g/mol. The molecule has 3 nitrogen and oxygen atoms in total. The Labute approximate surface area is 155 Å². The summed E-state index contributed by atoms with van der Waals surface area (Å²) in [5, 5.41) is 2.19. The third-order valence-electron chi connectivity index (χ3n) is 4.17. The molecule has 0 bridgehead atoms. The minimum Gasteiger partial charge on any atom is -0.406 e. The summed E-state index contributed by atoms with van der Waals surface area (Å²) in [5.74, 6) is -0.350. The zero-order valence-electron chi connectivity index (χ0n) is 14.7. The van der Waals surface area contributed by atoms with E-state index in [1.54, 1.807) is 11.9 Å². The summed E-state index contributed by atoms with van der Waals surface area (Å²) in [6.07, 6.45) is -4.45. The van der Waals surface area contributed by atoms with Gasteiger partial charge in [0.25, 0.3) is 0 Å². The predicted octanol–water partition coefficient (Wildman–Crippen LogP) is 4.94. The number of ether oxygens (including phenoxy) is 1. The van der Waals surface area contributed by atoms with E-state index in [1.165, 1.54) is 24.3 Å². The zero-order chi connectivity index (χ0) is 19.4. The minimum atomic E-state index is -4.71. The minimum absolute atomic E-state index is 0.0686. The fourth-order valence-electron chi connectivity index (χ4n) is 2.82. The topological polar surface area (TPSA) is 29.5 Å². The van der Waals surface area contributed by atoms with Crippen molar-refractivity contribution in [1.82, 2.24) is 4.90 Å². The van der Waals surface area contributed by atoms with Crippen molar-refractivity contribution >= 4 is 16.7 Å². The second-order valence-electron chi connectivity index (χ2n) is 6.30. The predicted molar refractivity (Wildman–Crippen MR) is 97.3 cm³/mol. The van der Waals surface area contributed by atoms with Gasteiger partial charge in [0.15, 0.2) is 0 Å². The molecular formula is C21H18F3NO2. The molecule has 0 radical (unpaired) electrons. The van der Waals surface area contributed by atoms with Gasteiger partial charge in [-0.1, -0.05) is 54.6 Å². The van der Waals surface area contributed by atoms with Crippen LogP contribution in [0.4, 0.5) is 13.2 Å². The van der Waals surface area contributed by atoms with Crippen molar-refractivity contribution in [1.29, 1.82) is 0 Å². The van der Waals surface area contributed by atoms with Crippen molar-refractivity contribution in [2.45, 2.75) is 19.3 Å². The summed E-state index contributed by atoms with van der Waals surface area (Å²) >= 11 is 0. The van der Waals surface area contributed by atoms with E-state index in [2.05, 4.69) is 4.74 Å². The first-order valence-corrected chi connectivity index (χ1v) is 8.36. The van der Waals surface area contributed by atoms with Crippen molar-refractivity contribution in [2.24, 2.45) is 0 Å². The van der Waals surface area contributed by atoms with Crippen LogP contribution in [0, 0.1) is 0 Å². The van der Waals surface area contributed by atoms with Crippen LogP contribution in [0.25, 0.3) is 10.8 Å². The number of rotatable bonds is 5. The molecule has 0 N–H and O–H groups in total. The Hall–Kier alpha value is -3.02. The third-order valence-corrected chi connectivity index (χ3v) is 4.17. The van der Waals surface area contributed by atoms with Gasteiger partial charge in [-0.05, 0) is 34.0 Å². The molecule has 140 valence electrons. The molecule has 0 unspecified atom stereocenters. The molecule has 0 spiro atoms. The SMILES string of the molecule is CN(Cc1ccc(OC(F)(F)F)cc1)C(=O)Cc1ccc2ccccc2c1. The van der Waals surface area contributed by atoms with E-state index >= 15 is 0 Å². The molecule has 0 saturated heterocycles. The first-order chi connectivity index (χ1) is 12.8. The van der Waals surface area contributed by atoms with Crippen LogP contribution in [0.2, 0.25) is 0 Å². The lowest BCUT2D eigenvalue weighted by Gasteiger charge is -2.18. The number of carbonyl (C=O) groups is 1. The fraction of sp³-hybridized carbons (Fsp3) is 0.190. The molecule has 3 rings (SSSR count). The van der Waals surface area contributed by atoms with Gasteiger partial charge in [-0.2, -0.15) is 0 Å². The van der Waals surface area contributed by atoms with E-state index in [1.807, 2.05) is 42.5 Å². The second kappa shape index (κ2) is 7.70. The van der Waals surface area contributed by atoms with Crippen LogP contribution in [0.1, 0.15) is 11.1 Å². The van der Waals surface area contributed by atoms with Crippen molar-refractivity contribution in [2.75, 3.05) is 7.05 Å². The van der Waals surface area contributed by atoms with Crippen LogP contribution in [-0.4, -0.2) is 24.2 Å². The Morgan fingerprint density at radius 1 is 0.926 bits per heavy atom. The Morgan fingerprint density at radius 3 is 2.22 bits per heavy atom. The number of amides is 1. The number of benzene rings is 3. The average Bonchev–Trinajstić information content (AvgIpc) is 2.62. The highest BCUT2D eigenvalue weighted by molar-refractivity contribution is 5.85. The Kier molecular flexibility index (Phi) is 5.35. The lowest BCUT2D eigenvalue weighted by atomic mass is 10.0. The second-order valence-corrected chi connectivity index (χ2v) is 6.30. The molecule has 27 heavy (non-hydrogen) atoms. The number of fused-ring (bicyclic) bond motifs is 1. The van der Waals surface area contributed by atoms with Crippen LogP contribution >= 0.6 is 0 Å². The molecule has 0 aromatic heterocycles. The van der Waals surface area contributed by atoms with Crippen molar-refractivity contribution in [3.05, 3.63) is 77.9 Å². The summed E-state index contributed by atoms with van der Waals surface area (Å²) < 4.78 is 40.4. The van der Waals surface area contributed by atoms with E-state index in [-0.39, 0.29) is 18.1 Å². The number of hydrogen-bond donors (Lipinski definition) is 0. The van der Waals surface area contributed by atoms with Gasteiger partial charge in [-0.3, -0.25) is 4.79 Å². The molecule has 0 fully saturated rings. The maximum Gasteiger partial charge on any atom is 0.573 e. The van der Waals surface area contributed by atoms with Gasteiger partial charge in [-0.25, -0.2) is 0 Å². The normalized spacial score (nSPS) is 11.4. The summed E-state index contributed by atoms with van der Waals surface area (Å²) in [6.45, 7) is 0.304. The standard InChI is InChI=1S/C21H18F3NO2/c1-25(14-15-7-10-19(11-8-15)27-21(22,23)24)20(26)13-16-6-9-17-4-2-3-5-18(17)12-16/h2-12H,13-14H2,1H3. The van der Waals surface area contributed by atoms with E-state index < -0.39 is 6.36 Å². The largest absolute Gasteiger partial charge is 0.573 e. The van der Waals surface area contributed by atoms with E-state index in [4.69, 9.17) is 0 Å². The summed E-state index contributed by atoms with van der Waals surface area (Å²) in [4.78, 5) is 14.0. The lowest BCUT2D eigenvalue weighted by molar-refractivity contribution is -0.274. The molecule has 0 atom stereocenters. The summed E-state index contributed by atoms with van der Waals surface area (Å²) in [7, 11) is 1.67. The monoisotopic (exact) mass is 373 g/mol. The molecule has 1 amide bonds. The van der Waals surface area contributed by atoms with E-state index in [9.17, 15) is 18.0 Å². The van der Waals surface area contributed by atoms with Crippen LogP contribution in [-0.2, 0) is 17.8 Å². The molecule has 0 heterocycles. The molecule has 3 aromatic rings. The molecule has 0 saturated carbocycles. The Morgan fingerprint density at radius 2 is 1.56 bits per heavy atom. The fourth-order valence-corrected chi connectivity index (χ4v) is 2.82. The highest BCUT2D eigenvalue weighted by Crippen LogP contribution is 2.23. The lowest BCUT2D eigenvalue weighted by Crippen LogP contribution is -2.27. The van der Waals surface area contributed by atoms with Crippen molar-refractivity contribution < 1.29 is 22.7 Å². The van der Waals surface area contributed by atoms with Crippen LogP contribution in [0.15, 0.2) is 66.7 Å². The maximum atomic E-state index is 12.5. The molecule has 0 aliphatic carbocycles. The van der Waals surface area contributed by atoms with Gasteiger partial charge in [0.1, 0.15) is 5.75 Å². The number of carbonyl (C=O) groups excluding carboxylic acids is 1. The first-order valence-electron chi connectivity index (χ1n) is 8.36. The quantitative estimate of drug-likeness (QED) is 0.634. The van der Waals surface area contributed by atoms with Gasteiger partial charge in [0.05, 0.1) is 6.42 Å². The zero-order valence-corrected chi connectivity index (χ0v) is 14.7. The van der Waals surface area contributed by atoms with Gasteiger partial charge >= 0.3 is 6.36 Å². The van der Waals surface area contributed by atoms with Gasteiger partial charge in [-0.15, -0.1) is 13.2 Å². The van der Waals surface area contributed by atoms with Crippen LogP contribution < -0.4 is 4.74 Å². The van der Waals surface area contributed by atoms with E-state index in [0.717, 1.165) is 21.9 Å². The van der Waals surface area contributed by atoms with Crippen LogP contribution in [0.5, 0.6) is 5.75 Å². The maximum absolute atomic E-state index is 12.5. The van der Waals surface area contributed by atoms with Gasteiger partial charge in [0.2, 0.25) is 5.91 Å². The number of hydrogen-bond acceptors (Lipinski definition) is 2. The van der Waals surface area contributed by atoms with Gasteiger partial charge < -0.3 is 9.64 Å². The number of halogens is 3. The third kappa shape index (κ3) is 5.23. The molecule has 3 aromatic carbocycles. The molecular weight excluding hydrogens is 355 g/mol. The van der Waals surface area contributed by atoms with Crippen molar-refractivity contribution in [3.63, 3.8) is 0 Å². The Balaban J connectivity index is 1.61. The van der Waals surface area contributed by atoms with E-state index in [0.29, 0.717) is 6.54 Å². The first kappa shape index (κ1) is 18.8. The Bertz CT molecular complexity index is 936. The number of alkyl halides is 3. The summed E-state index contributed by atoms with van der Waals surface area (Å²) in [5.41, 5.74) is 1.64. The summed E-state index contributed by atoms with van der Waals surface area (Å²) in [6, 6.07) is 19.3. The number of nitrogens with zero attached hydrogens (tertiary/aromatic N) is 1. The molecule has 0 aliphatic rings. The highest BCUT2D eigenvalue weighted by Gasteiger charge is 2.30. The smallest absolute Gasteiger partial charge is 0.406 e.